The van der Waals surface area contributed by atoms with Gasteiger partial charge in [0.15, 0.2) is 0 Å². The zero-order chi connectivity index (χ0) is 13.3. The Labute approximate surface area is 114 Å². The number of benzene rings is 1. The van der Waals surface area contributed by atoms with Crippen LogP contribution in [0.2, 0.25) is 0 Å². The van der Waals surface area contributed by atoms with Crippen LogP contribution in [0.4, 0.5) is 4.39 Å². The summed E-state index contributed by atoms with van der Waals surface area (Å²) in [5.41, 5.74) is 0.813. The quantitative estimate of drug-likeness (QED) is 0.836. The van der Waals surface area contributed by atoms with Crippen LogP contribution in [-0.2, 0) is 4.74 Å². The van der Waals surface area contributed by atoms with Gasteiger partial charge in [0.25, 0.3) is 0 Å². The second-order valence-electron chi connectivity index (χ2n) is 6.03. The average Bonchev–Trinajstić information content (AvgIpc) is 2.41. The molecule has 1 saturated carbocycles. The van der Waals surface area contributed by atoms with Crippen molar-refractivity contribution in [2.24, 2.45) is 0 Å². The van der Waals surface area contributed by atoms with E-state index in [4.69, 9.17) is 4.74 Å². The van der Waals surface area contributed by atoms with Crippen LogP contribution >= 0.6 is 0 Å². The van der Waals surface area contributed by atoms with Crippen molar-refractivity contribution < 1.29 is 9.13 Å². The van der Waals surface area contributed by atoms with Crippen molar-refractivity contribution >= 4 is 0 Å². The van der Waals surface area contributed by atoms with E-state index in [1.54, 1.807) is 6.07 Å². The minimum Gasteiger partial charge on any atom is -0.370 e. The second kappa shape index (κ2) is 5.22. The van der Waals surface area contributed by atoms with Crippen LogP contribution < -0.4 is 5.32 Å². The van der Waals surface area contributed by atoms with E-state index in [1.165, 1.54) is 38.2 Å². The summed E-state index contributed by atoms with van der Waals surface area (Å²) in [5, 5.41) is 3.72. The highest BCUT2D eigenvalue weighted by Crippen LogP contribution is 2.36. The monoisotopic (exact) mass is 263 g/mol. The zero-order valence-corrected chi connectivity index (χ0v) is 11.5. The van der Waals surface area contributed by atoms with Crippen molar-refractivity contribution in [3.63, 3.8) is 0 Å². The second-order valence-corrected chi connectivity index (χ2v) is 6.03. The lowest BCUT2D eigenvalue weighted by molar-refractivity contribution is -0.0727. The normalized spacial score (nSPS) is 30.4. The molecule has 2 fully saturated rings. The number of halogens is 1. The fourth-order valence-electron chi connectivity index (χ4n) is 3.58. The molecule has 2 aliphatic rings. The Kier molecular flexibility index (Phi) is 3.59. The summed E-state index contributed by atoms with van der Waals surface area (Å²) in [7, 11) is 0. The molecular formula is C16H22FNO. The van der Waals surface area contributed by atoms with Crippen LogP contribution in [0.1, 0.15) is 50.7 Å². The maximum atomic E-state index is 13.9. The van der Waals surface area contributed by atoms with E-state index in [0.29, 0.717) is 12.2 Å². The molecule has 1 saturated heterocycles. The molecule has 0 amide bonds. The van der Waals surface area contributed by atoms with E-state index < -0.39 is 0 Å². The van der Waals surface area contributed by atoms with Gasteiger partial charge < -0.3 is 10.1 Å². The molecule has 2 unspecified atom stereocenters. The SMILES string of the molecule is CC1NC2(CCCCC2)COC1c1ccccc1F. The van der Waals surface area contributed by atoms with Gasteiger partial charge in [0.1, 0.15) is 11.9 Å². The van der Waals surface area contributed by atoms with Gasteiger partial charge in [-0.25, -0.2) is 4.39 Å². The molecule has 2 nitrogen and oxygen atoms in total. The molecule has 3 rings (SSSR count). The van der Waals surface area contributed by atoms with Crippen molar-refractivity contribution in [3.05, 3.63) is 35.6 Å². The van der Waals surface area contributed by atoms with E-state index in [1.807, 2.05) is 12.1 Å². The summed E-state index contributed by atoms with van der Waals surface area (Å²) in [4.78, 5) is 0. The van der Waals surface area contributed by atoms with Gasteiger partial charge in [0.05, 0.1) is 6.61 Å². The summed E-state index contributed by atoms with van der Waals surface area (Å²) < 4.78 is 19.9. The lowest BCUT2D eigenvalue weighted by atomic mass is 9.80. The third-order valence-electron chi connectivity index (χ3n) is 4.55. The fraction of sp³-hybridized carbons (Fsp3) is 0.625. The Morgan fingerprint density at radius 3 is 2.63 bits per heavy atom. The predicted octanol–water partition coefficient (Wildman–Crippen LogP) is 3.58. The molecule has 3 heteroatoms. The summed E-state index contributed by atoms with van der Waals surface area (Å²) in [6.45, 7) is 2.81. The van der Waals surface area contributed by atoms with Gasteiger partial charge in [-0.3, -0.25) is 0 Å². The Morgan fingerprint density at radius 2 is 1.95 bits per heavy atom. The molecule has 1 spiro atoms. The molecule has 1 aromatic carbocycles. The smallest absolute Gasteiger partial charge is 0.129 e. The molecule has 104 valence electrons. The molecule has 1 aliphatic heterocycles. The minimum absolute atomic E-state index is 0.138. The van der Waals surface area contributed by atoms with E-state index in [-0.39, 0.29) is 23.5 Å². The first-order chi connectivity index (χ1) is 9.20. The molecule has 19 heavy (non-hydrogen) atoms. The third kappa shape index (κ3) is 2.54. The topological polar surface area (TPSA) is 21.3 Å². The molecule has 0 bridgehead atoms. The predicted molar refractivity (Wildman–Crippen MR) is 73.5 cm³/mol. The van der Waals surface area contributed by atoms with Crippen LogP contribution in [0.25, 0.3) is 0 Å². The number of ether oxygens (including phenoxy) is 1. The van der Waals surface area contributed by atoms with Gasteiger partial charge in [-0.2, -0.15) is 0 Å². The van der Waals surface area contributed by atoms with Gasteiger partial charge in [-0.05, 0) is 25.8 Å². The molecule has 1 heterocycles. The Balaban J connectivity index is 1.76. The van der Waals surface area contributed by atoms with Crippen LogP contribution in [-0.4, -0.2) is 18.2 Å². The third-order valence-corrected chi connectivity index (χ3v) is 4.55. The summed E-state index contributed by atoms with van der Waals surface area (Å²) in [6.07, 6.45) is 6.06. The Morgan fingerprint density at radius 1 is 1.21 bits per heavy atom. The molecule has 1 aliphatic carbocycles. The lowest BCUT2D eigenvalue weighted by Crippen LogP contribution is -2.59. The number of hydrogen-bond donors (Lipinski definition) is 1. The van der Waals surface area contributed by atoms with Crippen LogP contribution in [0.5, 0.6) is 0 Å². The van der Waals surface area contributed by atoms with Crippen molar-refractivity contribution in [3.8, 4) is 0 Å². The summed E-state index contributed by atoms with van der Waals surface area (Å²) >= 11 is 0. The van der Waals surface area contributed by atoms with E-state index in [2.05, 4.69) is 12.2 Å². The first kappa shape index (κ1) is 13.1. The van der Waals surface area contributed by atoms with E-state index in [9.17, 15) is 4.39 Å². The summed E-state index contributed by atoms with van der Waals surface area (Å²) in [5.74, 6) is -0.166. The van der Waals surface area contributed by atoms with Gasteiger partial charge in [-0.1, -0.05) is 37.5 Å². The fourth-order valence-corrected chi connectivity index (χ4v) is 3.58. The van der Waals surface area contributed by atoms with Gasteiger partial charge in [-0.15, -0.1) is 0 Å². The first-order valence-electron chi connectivity index (χ1n) is 7.34. The number of hydrogen-bond acceptors (Lipinski definition) is 2. The van der Waals surface area contributed by atoms with Gasteiger partial charge in [0, 0.05) is 17.1 Å². The van der Waals surface area contributed by atoms with E-state index >= 15 is 0 Å². The van der Waals surface area contributed by atoms with E-state index in [0.717, 1.165) is 0 Å². The maximum Gasteiger partial charge on any atom is 0.129 e. The molecule has 0 aromatic heterocycles. The largest absolute Gasteiger partial charge is 0.370 e. The van der Waals surface area contributed by atoms with Crippen molar-refractivity contribution in [1.82, 2.24) is 5.32 Å². The van der Waals surface area contributed by atoms with Gasteiger partial charge >= 0.3 is 0 Å². The number of nitrogens with one attached hydrogen (secondary N) is 1. The van der Waals surface area contributed by atoms with Crippen LogP contribution in [0, 0.1) is 5.82 Å². The zero-order valence-electron chi connectivity index (χ0n) is 11.5. The van der Waals surface area contributed by atoms with Gasteiger partial charge in [0.2, 0.25) is 0 Å². The highest BCUT2D eigenvalue weighted by Gasteiger charge is 2.40. The van der Waals surface area contributed by atoms with Crippen LogP contribution in [0.15, 0.2) is 24.3 Å². The number of morpholine rings is 1. The standard InChI is InChI=1S/C16H22FNO/c1-12-15(13-7-3-4-8-14(13)17)19-11-16(18-12)9-5-2-6-10-16/h3-4,7-8,12,15,18H,2,5-6,9-11H2,1H3. The van der Waals surface area contributed by atoms with Crippen molar-refractivity contribution in [2.75, 3.05) is 6.61 Å². The molecule has 1 aromatic rings. The Bertz CT molecular complexity index is 442. The van der Waals surface area contributed by atoms with Crippen molar-refractivity contribution in [2.45, 2.75) is 56.7 Å². The Hall–Kier alpha value is -0.930. The minimum atomic E-state index is -0.172. The molecule has 0 radical (unpaired) electrons. The average molecular weight is 263 g/mol. The lowest BCUT2D eigenvalue weighted by Gasteiger charge is -2.47. The molecule has 2 atom stereocenters. The highest BCUT2D eigenvalue weighted by atomic mass is 19.1. The van der Waals surface area contributed by atoms with Crippen LogP contribution in [0.3, 0.4) is 0 Å². The maximum absolute atomic E-state index is 13.9. The first-order valence-corrected chi connectivity index (χ1v) is 7.34. The number of rotatable bonds is 1. The molecular weight excluding hydrogens is 241 g/mol. The molecule has 1 N–H and O–H groups in total. The highest BCUT2D eigenvalue weighted by molar-refractivity contribution is 5.22. The summed E-state index contributed by atoms with van der Waals surface area (Å²) in [6, 6.07) is 7.10. The van der Waals surface area contributed by atoms with Crippen molar-refractivity contribution in [1.29, 1.82) is 0 Å².